The largest absolute Gasteiger partial charge is 0.478 e. The number of carboxylic acid groups (broad SMARTS) is 1. The van der Waals surface area contributed by atoms with Gasteiger partial charge < -0.3 is 14.3 Å². The summed E-state index contributed by atoms with van der Waals surface area (Å²) in [6.07, 6.45) is 1.19. The molecule has 0 atom stereocenters. The van der Waals surface area contributed by atoms with Crippen LogP contribution in [0.1, 0.15) is 36.9 Å². The molecular weight excluding hydrogens is 256 g/mol. The number of carbonyl (C=O) groups is 2. The van der Waals surface area contributed by atoms with Gasteiger partial charge in [-0.1, -0.05) is 0 Å². The first-order chi connectivity index (χ1) is 8.28. The minimum absolute atomic E-state index is 0.114. The highest BCUT2D eigenvalue weighted by atomic mass is 32.2. The standard InChI is InChI=1S/C12H16O5S/c1-12(2,3)17-10(13)7-18-6-9-4-8(5-16-9)11(14)15/h4-5H,6-7H2,1-3H3,(H,14,15). The fraction of sp³-hybridized carbons (Fsp3) is 0.500. The highest BCUT2D eigenvalue weighted by Gasteiger charge is 2.16. The van der Waals surface area contributed by atoms with Crippen LogP contribution < -0.4 is 0 Å². The lowest BCUT2D eigenvalue weighted by Crippen LogP contribution is -2.24. The van der Waals surface area contributed by atoms with Crippen molar-refractivity contribution in [3.05, 3.63) is 23.7 Å². The second kappa shape index (κ2) is 5.95. The van der Waals surface area contributed by atoms with Crippen LogP contribution >= 0.6 is 11.8 Å². The van der Waals surface area contributed by atoms with Gasteiger partial charge in [0, 0.05) is 0 Å². The van der Waals surface area contributed by atoms with Crippen molar-refractivity contribution in [2.45, 2.75) is 32.1 Å². The van der Waals surface area contributed by atoms with Gasteiger partial charge in [-0.25, -0.2) is 4.79 Å². The van der Waals surface area contributed by atoms with E-state index in [1.54, 1.807) is 20.8 Å². The maximum atomic E-state index is 11.4. The van der Waals surface area contributed by atoms with Crippen LogP contribution in [0.3, 0.4) is 0 Å². The Balaban J connectivity index is 2.33. The molecule has 0 aliphatic heterocycles. The average Bonchev–Trinajstić information content (AvgIpc) is 2.63. The van der Waals surface area contributed by atoms with E-state index < -0.39 is 11.6 Å². The van der Waals surface area contributed by atoms with Crippen molar-refractivity contribution in [3.8, 4) is 0 Å². The van der Waals surface area contributed by atoms with E-state index in [2.05, 4.69) is 0 Å². The molecule has 1 heterocycles. The monoisotopic (exact) mass is 272 g/mol. The summed E-state index contributed by atoms with van der Waals surface area (Å²) >= 11 is 1.32. The molecule has 1 aromatic rings. The molecule has 5 nitrogen and oxygen atoms in total. The zero-order valence-corrected chi connectivity index (χ0v) is 11.4. The number of hydrogen-bond acceptors (Lipinski definition) is 5. The Kier molecular flexibility index (Phi) is 4.84. The summed E-state index contributed by atoms with van der Waals surface area (Å²) in [7, 11) is 0. The van der Waals surface area contributed by atoms with E-state index in [1.807, 2.05) is 0 Å². The normalized spacial score (nSPS) is 11.3. The van der Waals surface area contributed by atoms with E-state index in [0.717, 1.165) is 0 Å². The van der Waals surface area contributed by atoms with E-state index >= 15 is 0 Å². The lowest BCUT2D eigenvalue weighted by Gasteiger charge is -2.19. The van der Waals surface area contributed by atoms with Crippen LogP contribution in [0.2, 0.25) is 0 Å². The summed E-state index contributed by atoms with van der Waals surface area (Å²) in [4.78, 5) is 22.0. The minimum Gasteiger partial charge on any atom is -0.478 e. The molecule has 0 saturated carbocycles. The van der Waals surface area contributed by atoms with Crippen LogP contribution in [-0.4, -0.2) is 28.4 Å². The van der Waals surface area contributed by atoms with Crippen molar-refractivity contribution >= 4 is 23.7 Å². The number of ether oxygens (including phenoxy) is 1. The van der Waals surface area contributed by atoms with Gasteiger partial charge in [0.2, 0.25) is 0 Å². The summed E-state index contributed by atoms with van der Waals surface area (Å²) in [5.74, 6) is -0.145. The zero-order chi connectivity index (χ0) is 13.8. The maximum absolute atomic E-state index is 11.4. The van der Waals surface area contributed by atoms with Gasteiger partial charge in [0.15, 0.2) is 0 Å². The predicted molar refractivity (Wildman–Crippen MR) is 67.7 cm³/mol. The third-order valence-electron chi connectivity index (χ3n) is 1.78. The lowest BCUT2D eigenvalue weighted by atomic mass is 10.2. The SMILES string of the molecule is CC(C)(C)OC(=O)CSCc1cc(C(=O)O)co1. The van der Waals surface area contributed by atoms with E-state index in [-0.39, 0.29) is 17.3 Å². The first kappa shape index (κ1) is 14.6. The Bertz CT molecular complexity index is 430. The third kappa shape index (κ3) is 5.27. The van der Waals surface area contributed by atoms with Crippen LogP contribution in [-0.2, 0) is 15.3 Å². The van der Waals surface area contributed by atoms with Crippen molar-refractivity contribution in [2.75, 3.05) is 5.75 Å². The molecular formula is C12H16O5S. The summed E-state index contributed by atoms with van der Waals surface area (Å²) in [5, 5.41) is 8.70. The molecule has 1 aromatic heterocycles. The Morgan fingerprint density at radius 1 is 1.44 bits per heavy atom. The van der Waals surface area contributed by atoms with Crippen LogP contribution in [0.4, 0.5) is 0 Å². The smallest absolute Gasteiger partial charge is 0.338 e. The maximum Gasteiger partial charge on any atom is 0.338 e. The Morgan fingerprint density at radius 2 is 2.11 bits per heavy atom. The highest BCUT2D eigenvalue weighted by molar-refractivity contribution is 7.99. The average molecular weight is 272 g/mol. The molecule has 100 valence electrons. The zero-order valence-electron chi connectivity index (χ0n) is 10.6. The van der Waals surface area contributed by atoms with Crippen LogP contribution in [0.25, 0.3) is 0 Å². The second-order valence-electron chi connectivity index (χ2n) is 4.69. The van der Waals surface area contributed by atoms with Crippen LogP contribution in [0, 0.1) is 0 Å². The number of carboxylic acids is 1. The first-order valence-corrected chi connectivity index (χ1v) is 6.54. The Morgan fingerprint density at radius 3 is 2.61 bits per heavy atom. The Hall–Kier alpha value is -1.43. The number of furan rings is 1. The highest BCUT2D eigenvalue weighted by Crippen LogP contribution is 2.17. The number of rotatable bonds is 5. The molecule has 0 aromatic carbocycles. The molecule has 0 fully saturated rings. The fourth-order valence-electron chi connectivity index (χ4n) is 1.17. The molecule has 18 heavy (non-hydrogen) atoms. The first-order valence-electron chi connectivity index (χ1n) is 5.38. The predicted octanol–water partition coefficient (Wildman–Crippen LogP) is 2.55. The molecule has 0 radical (unpaired) electrons. The lowest BCUT2D eigenvalue weighted by molar-refractivity contribution is -0.151. The van der Waals surface area contributed by atoms with Gasteiger partial charge in [-0.3, -0.25) is 4.79 Å². The third-order valence-corrected chi connectivity index (χ3v) is 2.71. The fourth-order valence-corrected chi connectivity index (χ4v) is 1.85. The minimum atomic E-state index is -1.03. The van der Waals surface area contributed by atoms with E-state index in [0.29, 0.717) is 11.5 Å². The number of thioether (sulfide) groups is 1. The summed E-state index contributed by atoms with van der Waals surface area (Å²) in [5.41, 5.74) is -0.374. The molecule has 0 aliphatic carbocycles. The van der Waals surface area contributed by atoms with Crippen molar-refractivity contribution in [3.63, 3.8) is 0 Å². The number of esters is 1. The number of aromatic carboxylic acids is 1. The van der Waals surface area contributed by atoms with E-state index in [9.17, 15) is 9.59 Å². The summed E-state index contributed by atoms with van der Waals surface area (Å²) in [6.45, 7) is 5.42. The van der Waals surface area contributed by atoms with Gasteiger partial charge in [0.25, 0.3) is 0 Å². The van der Waals surface area contributed by atoms with Gasteiger partial charge in [-0.05, 0) is 26.8 Å². The van der Waals surface area contributed by atoms with Gasteiger partial charge in [-0.2, -0.15) is 0 Å². The van der Waals surface area contributed by atoms with E-state index in [1.165, 1.54) is 24.1 Å². The molecule has 0 unspecified atom stereocenters. The van der Waals surface area contributed by atoms with E-state index in [4.69, 9.17) is 14.3 Å². The molecule has 1 N–H and O–H groups in total. The summed E-state index contributed by atoms with van der Waals surface area (Å²) < 4.78 is 10.2. The molecule has 1 rings (SSSR count). The number of hydrogen-bond donors (Lipinski definition) is 1. The molecule has 6 heteroatoms. The summed E-state index contributed by atoms with van der Waals surface area (Å²) in [6, 6.07) is 1.45. The Labute approximate surface area is 109 Å². The van der Waals surface area contributed by atoms with Gasteiger partial charge in [-0.15, -0.1) is 11.8 Å². The van der Waals surface area contributed by atoms with Crippen molar-refractivity contribution in [1.82, 2.24) is 0 Å². The van der Waals surface area contributed by atoms with Crippen LogP contribution in [0.5, 0.6) is 0 Å². The molecule has 0 aliphatic rings. The second-order valence-corrected chi connectivity index (χ2v) is 5.67. The number of carbonyl (C=O) groups excluding carboxylic acids is 1. The molecule has 0 bridgehead atoms. The van der Waals surface area contributed by atoms with Crippen molar-refractivity contribution in [1.29, 1.82) is 0 Å². The van der Waals surface area contributed by atoms with Gasteiger partial charge >= 0.3 is 11.9 Å². The topological polar surface area (TPSA) is 76.7 Å². The molecule has 0 spiro atoms. The molecule has 0 amide bonds. The van der Waals surface area contributed by atoms with Crippen LogP contribution in [0.15, 0.2) is 16.7 Å². The van der Waals surface area contributed by atoms with Crippen molar-refractivity contribution in [2.24, 2.45) is 0 Å². The molecule has 0 saturated heterocycles. The quantitative estimate of drug-likeness (QED) is 0.830. The van der Waals surface area contributed by atoms with Crippen molar-refractivity contribution < 1.29 is 23.8 Å². The van der Waals surface area contributed by atoms with Gasteiger partial charge in [0.1, 0.15) is 17.6 Å². The van der Waals surface area contributed by atoms with Gasteiger partial charge in [0.05, 0.1) is 17.1 Å².